The predicted molar refractivity (Wildman–Crippen MR) is 87.9 cm³/mol. The van der Waals surface area contributed by atoms with Crippen LogP contribution in [-0.4, -0.2) is 37.0 Å². The number of rotatable bonds is 4. The van der Waals surface area contributed by atoms with Gasteiger partial charge in [0.15, 0.2) is 0 Å². The van der Waals surface area contributed by atoms with Crippen molar-refractivity contribution in [3.8, 4) is 5.75 Å². The summed E-state index contributed by atoms with van der Waals surface area (Å²) in [5.41, 5.74) is 1.14. The van der Waals surface area contributed by atoms with Gasteiger partial charge in [0.05, 0.1) is 20.3 Å². The first-order valence-electron chi connectivity index (χ1n) is 7.51. The molecule has 1 saturated heterocycles. The first kappa shape index (κ1) is 15.2. The van der Waals surface area contributed by atoms with E-state index in [4.69, 9.17) is 9.47 Å². The molecule has 1 aliphatic heterocycles. The van der Waals surface area contributed by atoms with Gasteiger partial charge in [0.25, 0.3) is 0 Å². The second-order valence-corrected chi connectivity index (χ2v) is 6.65. The molecule has 1 atom stereocenters. The van der Waals surface area contributed by atoms with Crippen LogP contribution in [0.5, 0.6) is 5.75 Å². The van der Waals surface area contributed by atoms with Gasteiger partial charge >= 0.3 is 0 Å². The highest BCUT2D eigenvalue weighted by Gasteiger charge is 2.25. The Kier molecular flexibility index (Phi) is 4.59. The van der Waals surface area contributed by atoms with Crippen molar-refractivity contribution in [1.29, 1.82) is 0 Å². The lowest BCUT2D eigenvalue weighted by Gasteiger charge is -2.32. The third-order valence-electron chi connectivity index (χ3n) is 3.73. The second-order valence-electron chi connectivity index (χ2n) is 5.66. The van der Waals surface area contributed by atoms with Gasteiger partial charge in [-0.25, -0.2) is 0 Å². The van der Waals surface area contributed by atoms with E-state index >= 15 is 0 Å². The maximum absolute atomic E-state index is 5.93. The van der Waals surface area contributed by atoms with E-state index in [0.717, 1.165) is 34.5 Å². The molecule has 22 heavy (non-hydrogen) atoms. The molecule has 1 aromatic heterocycles. The Morgan fingerprint density at radius 1 is 1.36 bits per heavy atom. The molecule has 3 rings (SSSR count). The number of nitrogens with zero attached hydrogens (tertiary/aromatic N) is 3. The summed E-state index contributed by atoms with van der Waals surface area (Å²) >= 11 is 1.68. The number of hydrogen-bond donors (Lipinski definition) is 0. The van der Waals surface area contributed by atoms with Crippen molar-refractivity contribution in [3.63, 3.8) is 0 Å². The van der Waals surface area contributed by atoms with Gasteiger partial charge in [0.2, 0.25) is 5.13 Å². The second kappa shape index (κ2) is 6.62. The lowest BCUT2D eigenvalue weighted by molar-refractivity contribution is 0.0396. The Morgan fingerprint density at radius 2 is 2.23 bits per heavy atom. The fourth-order valence-corrected chi connectivity index (χ4v) is 3.33. The summed E-state index contributed by atoms with van der Waals surface area (Å²) in [7, 11) is 1.68. The van der Waals surface area contributed by atoms with Crippen molar-refractivity contribution in [2.45, 2.75) is 25.9 Å². The molecule has 2 heterocycles. The number of morpholine rings is 1. The molecule has 6 heteroatoms. The molecule has 0 saturated carbocycles. The first-order valence-corrected chi connectivity index (χ1v) is 8.33. The van der Waals surface area contributed by atoms with Crippen molar-refractivity contribution in [2.75, 3.05) is 31.7 Å². The summed E-state index contributed by atoms with van der Waals surface area (Å²) in [6.45, 7) is 6.62. The number of ether oxygens (including phenoxy) is 2. The highest BCUT2D eigenvalue weighted by atomic mass is 32.1. The van der Waals surface area contributed by atoms with E-state index in [9.17, 15) is 0 Å². The molecule has 0 spiro atoms. The molecule has 1 unspecified atom stereocenters. The molecular weight excluding hydrogens is 298 g/mol. The van der Waals surface area contributed by atoms with Crippen LogP contribution in [0.3, 0.4) is 0 Å². The molecule has 1 fully saturated rings. The number of benzene rings is 1. The Hall–Kier alpha value is -1.66. The highest BCUT2D eigenvalue weighted by Crippen LogP contribution is 2.31. The fraction of sp³-hybridized carbons (Fsp3) is 0.500. The van der Waals surface area contributed by atoms with Crippen LogP contribution in [0, 0.1) is 0 Å². The summed E-state index contributed by atoms with van der Waals surface area (Å²) in [5.74, 6) is 1.28. The van der Waals surface area contributed by atoms with E-state index in [1.807, 2.05) is 18.2 Å². The van der Waals surface area contributed by atoms with Gasteiger partial charge in [-0.15, -0.1) is 10.2 Å². The molecule has 0 amide bonds. The molecule has 0 aliphatic carbocycles. The van der Waals surface area contributed by atoms with Crippen molar-refractivity contribution in [1.82, 2.24) is 10.2 Å². The quantitative estimate of drug-likeness (QED) is 0.866. The van der Waals surface area contributed by atoms with Crippen molar-refractivity contribution in [2.24, 2.45) is 0 Å². The molecule has 5 nitrogen and oxygen atoms in total. The minimum Gasteiger partial charge on any atom is -0.497 e. The normalized spacial score (nSPS) is 18.7. The van der Waals surface area contributed by atoms with Gasteiger partial charge in [0.1, 0.15) is 16.9 Å². The van der Waals surface area contributed by atoms with Crippen molar-refractivity contribution >= 4 is 16.5 Å². The van der Waals surface area contributed by atoms with E-state index in [0.29, 0.717) is 12.5 Å². The topological polar surface area (TPSA) is 47.5 Å². The Morgan fingerprint density at radius 3 is 2.95 bits per heavy atom. The molecule has 2 aromatic rings. The number of methoxy groups -OCH3 is 1. The number of aromatic nitrogens is 2. The zero-order valence-corrected chi connectivity index (χ0v) is 14.0. The fourth-order valence-electron chi connectivity index (χ4n) is 2.45. The van der Waals surface area contributed by atoms with Gasteiger partial charge in [-0.2, -0.15) is 0 Å². The third kappa shape index (κ3) is 3.23. The standard InChI is InChI=1S/C16H21N3O2S/c1-11(2)15-17-18-16(22-15)19-7-8-21-14(10-19)12-5-4-6-13(9-12)20-3/h4-6,9,11,14H,7-8,10H2,1-3H3. The Balaban J connectivity index is 1.75. The smallest absolute Gasteiger partial charge is 0.208 e. The van der Waals surface area contributed by atoms with Crippen LogP contribution in [0.4, 0.5) is 5.13 Å². The molecule has 118 valence electrons. The first-order chi connectivity index (χ1) is 10.7. The average molecular weight is 319 g/mol. The van der Waals surface area contributed by atoms with Gasteiger partial charge in [0, 0.05) is 12.5 Å². The molecule has 0 radical (unpaired) electrons. The van der Waals surface area contributed by atoms with E-state index in [1.54, 1.807) is 18.4 Å². The maximum atomic E-state index is 5.93. The van der Waals surface area contributed by atoms with Crippen LogP contribution in [-0.2, 0) is 4.74 Å². The summed E-state index contributed by atoms with van der Waals surface area (Å²) < 4.78 is 11.2. The third-order valence-corrected chi connectivity index (χ3v) is 5.01. The SMILES string of the molecule is COc1cccc(C2CN(c3nnc(C(C)C)s3)CCO2)c1. The predicted octanol–water partition coefficient (Wildman–Crippen LogP) is 3.25. The zero-order valence-electron chi connectivity index (χ0n) is 13.2. The highest BCUT2D eigenvalue weighted by molar-refractivity contribution is 7.15. The van der Waals surface area contributed by atoms with Gasteiger partial charge in [-0.1, -0.05) is 37.3 Å². The summed E-state index contributed by atoms with van der Waals surface area (Å²) in [4.78, 5) is 2.26. The average Bonchev–Trinajstić information content (AvgIpc) is 3.05. The van der Waals surface area contributed by atoms with Crippen LogP contribution in [0.1, 0.15) is 36.4 Å². The van der Waals surface area contributed by atoms with Gasteiger partial charge in [-0.05, 0) is 17.7 Å². The molecule has 0 bridgehead atoms. The van der Waals surface area contributed by atoms with Gasteiger partial charge < -0.3 is 14.4 Å². The number of anilines is 1. The summed E-state index contributed by atoms with van der Waals surface area (Å²) in [6, 6.07) is 8.06. The monoisotopic (exact) mass is 319 g/mol. The lowest BCUT2D eigenvalue weighted by Crippen LogP contribution is -2.38. The van der Waals surface area contributed by atoms with Crippen LogP contribution in [0.15, 0.2) is 24.3 Å². The molecule has 1 aromatic carbocycles. The summed E-state index contributed by atoms with van der Waals surface area (Å²) in [5, 5.41) is 10.7. The number of hydrogen-bond acceptors (Lipinski definition) is 6. The van der Waals surface area contributed by atoms with Crippen LogP contribution in [0.2, 0.25) is 0 Å². The van der Waals surface area contributed by atoms with Crippen LogP contribution < -0.4 is 9.64 Å². The van der Waals surface area contributed by atoms with Gasteiger partial charge in [-0.3, -0.25) is 0 Å². The minimum atomic E-state index is 0.0373. The van der Waals surface area contributed by atoms with E-state index in [1.165, 1.54) is 0 Å². The van der Waals surface area contributed by atoms with Crippen LogP contribution in [0.25, 0.3) is 0 Å². The van der Waals surface area contributed by atoms with Crippen LogP contribution >= 0.6 is 11.3 Å². The zero-order chi connectivity index (χ0) is 15.5. The molecule has 0 N–H and O–H groups in total. The molecule has 1 aliphatic rings. The van der Waals surface area contributed by atoms with E-state index in [-0.39, 0.29) is 6.10 Å². The Bertz CT molecular complexity index is 629. The van der Waals surface area contributed by atoms with E-state index in [2.05, 4.69) is 35.0 Å². The largest absolute Gasteiger partial charge is 0.497 e. The van der Waals surface area contributed by atoms with Crippen molar-refractivity contribution < 1.29 is 9.47 Å². The maximum Gasteiger partial charge on any atom is 0.208 e. The van der Waals surface area contributed by atoms with Crippen molar-refractivity contribution in [3.05, 3.63) is 34.8 Å². The Labute approximate surface area is 134 Å². The summed E-state index contributed by atoms with van der Waals surface area (Å²) in [6.07, 6.45) is 0.0373. The molecular formula is C16H21N3O2S. The minimum absolute atomic E-state index is 0.0373. The lowest BCUT2D eigenvalue weighted by atomic mass is 10.1. The van der Waals surface area contributed by atoms with E-state index < -0.39 is 0 Å².